The van der Waals surface area contributed by atoms with Crippen LogP contribution in [0, 0.1) is 6.92 Å². The van der Waals surface area contributed by atoms with E-state index in [1.165, 1.54) is 0 Å². The summed E-state index contributed by atoms with van der Waals surface area (Å²) in [5.74, 6) is -0.307. The van der Waals surface area contributed by atoms with E-state index in [4.69, 9.17) is 10.5 Å². The van der Waals surface area contributed by atoms with Crippen LogP contribution in [0.15, 0.2) is 16.9 Å². The molecule has 1 aliphatic rings. The van der Waals surface area contributed by atoms with Crippen LogP contribution in [0.5, 0.6) is 0 Å². The normalized spacial score (nSPS) is 19.1. The number of imidazole rings is 1. The van der Waals surface area contributed by atoms with Crippen LogP contribution in [0.2, 0.25) is 0 Å². The fourth-order valence-corrected chi connectivity index (χ4v) is 2.41. The van der Waals surface area contributed by atoms with Gasteiger partial charge in [-0.05, 0) is 37.5 Å². The number of nitrogen functional groups attached to an aromatic ring is 1. The van der Waals surface area contributed by atoms with Gasteiger partial charge in [-0.2, -0.15) is 0 Å². The van der Waals surface area contributed by atoms with Crippen LogP contribution in [0.4, 0.5) is 5.69 Å². The summed E-state index contributed by atoms with van der Waals surface area (Å²) >= 11 is 0. The van der Waals surface area contributed by atoms with Gasteiger partial charge in [0.25, 0.3) is 5.91 Å². The maximum Gasteiger partial charge on any atom is 0.333 e. The molecule has 2 heterocycles. The van der Waals surface area contributed by atoms with Crippen LogP contribution in [0.25, 0.3) is 11.0 Å². The number of H-pyrrole nitrogens is 1. The lowest BCUT2D eigenvalue weighted by atomic mass is 10.1. The third-order valence-corrected chi connectivity index (χ3v) is 3.50. The number of aromatic nitrogens is 2. The molecule has 2 aromatic rings. The minimum atomic E-state index is -0.519. The second-order valence-corrected chi connectivity index (χ2v) is 4.83. The van der Waals surface area contributed by atoms with Crippen molar-refractivity contribution in [1.29, 1.82) is 0 Å². The number of rotatable bonds is 1. The highest BCUT2D eigenvalue weighted by Gasteiger charge is 2.27. The Morgan fingerprint density at radius 1 is 1.53 bits per heavy atom. The van der Waals surface area contributed by atoms with Crippen molar-refractivity contribution in [2.45, 2.75) is 25.9 Å². The van der Waals surface area contributed by atoms with E-state index in [9.17, 15) is 9.59 Å². The number of nitrogens with two attached hydrogens (primary N) is 1. The van der Waals surface area contributed by atoms with Crippen LogP contribution >= 0.6 is 0 Å². The second kappa shape index (κ2) is 4.24. The lowest BCUT2D eigenvalue weighted by molar-refractivity contribution is 0.0556. The molecule has 0 amide bonds. The molecule has 0 aliphatic carbocycles. The molecular weight excluding hydrogens is 246 g/mol. The lowest BCUT2D eigenvalue weighted by Gasteiger charge is -2.09. The molecule has 6 heteroatoms. The molecule has 19 heavy (non-hydrogen) atoms. The molecule has 100 valence electrons. The van der Waals surface area contributed by atoms with Gasteiger partial charge >= 0.3 is 5.69 Å². The quantitative estimate of drug-likeness (QED) is 0.750. The highest BCUT2D eigenvalue weighted by molar-refractivity contribution is 5.94. The standard InChI is InChI=1S/C13H15N3O3/c1-7-5-10-9(6-8(7)14)15-13(18)16(10)12(17)11-3-2-4-19-11/h5-6,11H,2-4,14H2,1H3,(H,15,18). The highest BCUT2D eigenvalue weighted by Crippen LogP contribution is 2.21. The van der Waals surface area contributed by atoms with E-state index in [1.54, 1.807) is 12.1 Å². The average Bonchev–Trinajstić information content (AvgIpc) is 2.97. The van der Waals surface area contributed by atoms with Gasteiger partial charge in [-0.3, -0.25) is 4.79 Å². The van der Waals surface area contributed by atoms with Crippen molar-refractivity contribution in [1.82, 2.24) is 9.55 Å². The van der Waals surface area contributed by atoms with Crippen LogP contribution in [-0.4, -0.2) is 28.2 Å². The predicted molar refractivity (Wildman–Crippen MR) is 71.3 cm³/mol. The highest BCUT2D eigenvalue weighted by atomic mass is 16.5. The predicted octanol–water partition coefficient (Wildman–Crippen LogP) is 1.04. The maximum absolute atomic E-state index is 12.3. The molecule has 6 nitrogen and oxygen atoms in total. The molecule has 0 saturated carbocycles. The first-order valence-corrected chi connectivity index (χ1v) is 6.24. The fourth-order valence-electron chi connectivity index (χ4n) is 2.41. The van der Waals surface area contributed by atoms with E-state index in [2.05, 4.69) is 4.98 Å². The third-order valence-electron chi connectivity index (χ3n) is 3.50. The van der Waals surface area contributed by atoms with Crippen molar-refractivity contribution in [3.8, 4) is 0 Å². The van der Waals surface area contributed by atoms with Crippen LogP contribution in [-0.2, 0) is 4.74 Å². The zero-order valence-corrected chi connectivity index (χ0v) is 10.6. The Balaban J connectivity index is 2.17. The van der Waals surface area contributed by atoms with Gasteiger partial charge in [-0.25, -0.2) is 9.36 Å². The molecule has 1 aromatic heterocycles. The minimum Gasteiger partial charge on any atom is -0.398 e. The summed E-state index contributed by atoms with van der Waals surface area (Å²) in [6, 6.07) is 3.42. The number of nitrogens with one attached hydrogen (secondary N) is 1. The molecule has 3 N–H and O–H groups in total. The number of nitrogens with zero attached hydrogens (tertiary/aromatic N) is 1. The van der Waals surface area contributed by atoms with Crippen molar-refractivity contribution in [2.24, 2.45) is 0 Å². The summed E-state index contributed by atoms with van der Waals surface area (Å²) in [6.45, 7) is 2.41. The Kier molecular flexibility index (Phi) is 2.67. The summed E-state index contributed by atoms with van der Waals surface area (Å²) < 4.78 is 6.50. The molecular formula is C13H15N3O3. The van der Waals surface area contributed by atoms with E-state index in [0.717, 1.165) is 16.6 Å². The Hall–Kier alpha value is -2.08. The first-order valence-electron chi connectivity index (χ1n) is 6.24. The van der Waals surface area contributed by atoms with Crippen LogP contribution in [0.1, 0.15) is 23.2 Å². The Morgan fingerprint density at radius 3 is 3.00 bits per heavy atom. The summed E-state index contributed by atoms with van der Waals surface area (Å²) in [5.41, 5.74) is 7.90. The maximum atomic E-state index is 12.3. The van der Waals surface area contributed by atoms with E-state index < -0.39 is 11.8 Å². The van der Waals surface area contributed by atoms with Gasteiger partial charge in [0.2, 0.25) is 0 Å². The smallest absolute Gasteiger partial charge is 0.333 e. The first-order chi connectivity index (χ1) is 9.08. The molecule has 1 fully saturated rings. The van der Waals surface area contributed by atoms with Crippen molar-refractivity contribution in [3.63, 3.8) is 0 Å². The monoisotopic (exact) mass is 261 g/mol. The molecule has 1 aliphatic heterocycles. The topological polar surface area (TPSA) is 90.1 Å². The number of carbonyl (C=O) groups excluding carboxylic acids is 1. The average molecular weight is 261 g/mol. The van der Waals surface area contributed by atoms with Gasteiger partial charge in [0.05, 0.1) is 11.0 Å². The van der Waals surface area contributed by atoms with E-state index in [0.29, 0.717) is 29.7 Å². The first kappa shape index (κ1) is 12.0. The van der Waals surface area contributed by atoms with Gasteiger partial charge < -0.3 is 15.5 Å². The van der Waals surface area contributed by atoms with E-state index in [1.807, 2.05) is 6.92 Å². The summed E-state index contributed by atoms with van der Waals surface area (Å²) in [4.78, 5) is 26.9. The molecule has 3 rings (SSSR count). The largest absolute Gasteiger partial charge is 0.398 e. The second-order valence-electron chi connectivity index (χ2n) is 4.83. The fraction of sp³-hybridized carbons (Fsp3) is 0.385. The molecule has 1 atom stereocenters. The van der Waals surface area contributed by atoms with E-state index >= 15 is 0 Å². The molecule has 1 unspecified atom stereocenters. The number of hydrogen-bond donors (Lipinski definition) is 2. The molecule has 0 bridgehead atoms. The summed E-state index contributed by atoms with van der Waals surface area (Å²) in [6.07, 6.45) is 0.986. The number of ether oxygens (including phenoxy) is 1. The van der Waals surface area contributed by atoms with Gasteiger partial charge in [-0.1, -0.05) is 0 Å². The van der Waals surface area contributed by atoms with Gasteiger partial charge in [-0.15, -0.1) is 0 Å². The number of aryl methyl sites for hydroxylation is 1. The number of aromatic amines is 1. The van der Waals surface area contributed by atoms with Crippen LogP contribution in [0.3, 0.4) is 0 Å². The Bertz CT molecular complexity index is 708. The van der Waals surface area contributed by atoms with Crippen molar-refractivity contribution in [2.75, 3.05) is 12.3 Å². The third kappa shape index (κ3) is 1.84. The number of fused-ring (bicyclic) bond motifs is 1. The van der Waals surface area contributed by atoms with Gasteiger partial charge in [0, 0.05) is 12.3 Å². The minimum absolute atomic E-state index is 0.307. The molecule has 0 radical (unpaired) electrons. The lowest BCUT2D eigenvalue weighted by Crippen LogP contribution is -2.33. The summed E-state index contributed by atoms with van der Waals surface area (Å²) in [7, 11) is 0. The molecule has 1 saturated heterocycles. The molecule has 1 aromatic carbocycles. The SMILES string of the molecule is Cc1cc2c(cc1N)[nH]c(=O)n2C(=O)C1CCCO1. The number of benzene rings is 1. The van der Waals surface area contributed by atoms with Crippen molar-refractivity contribution >= 4 is 22.6 Å². The zero-order chi connectivity index (χ0) is 13.6. The van der Waals surface area contributed by atoms with Crippen molar-refractivity contribution < 1.29 is 9.53 Å². The number of anilines is 1. The van der Waals surface area contributed by atoms with Crippen LogP contribution < -0.4 is 11.4 Å². The Labute approximate surface area is 109 Å². The Morgan fingerprint density at radius 2 is 2.32 bits per heavy atom. The number of hydrogen-bond acceptors (Lipinski definition) is 4. The van der Waals surface area contributed by atoms with Gasteiger partial charge in [0.1, 0.15) is 6.10 Å². The summed E-state index contributed by atoms with van der Waals surface area (Å²) in [5, 5.41) is 0. The van der Waals surface area contributed by atoms with Gasteiger partial charge in [0.15, 0.2) is 0 Å². The van der Waals surface area contributed by atoms with E-state index in [-0.39, 0.29) is 5.91 Å². The zero-order valence-electron chi connectivity index (χ0n) is 10.6. The molecule has 0 spiro atoms. The van der Waals surface area contributed by atoms with Crippen molar-refractivity contribution in [3.05, 3.63) is 28.2 Å². The number of carbonyl (C=O) groups is 1.